The first kappa shape index (κ1) is 12.3. The molecule has 2 N–H and O–H groups in total. The van der Waals surface area contributed by atoms with Gasteiger partial charge in [-0.3, -0.25) is 4.79 Å². The SMILES string of the molecule is CNC(=O)c1ccc(C2CCNCC2)c(Cl)n1. The van der Waals surface area contributed by atoms with Crippen LogP contribution in [0.3, 0.4) is 0 Å². The average molecular weight is 254 g/mol. The Bertz CT molecular complexity index is 416. The Hall–Kier alpha value is -1.13. The van der Waals surface area contributed by atoms with Crippen LogP contribution in [-0.2, 0) is 0 Å². The van der Waals surface area contributed by atoms with Gasteiger partial charge in [-0.2, -0.15) is 0 Å². The van der Waals surface area contributed by atoms with Crippen LogP contribution in [0, 0.1) is 0 Å². The number of rotatable bonds is 2. The Morgan fingerprint density at radius 3 is 2.76 bits per heavy atom. The normalized spacial score (nSPS) is 16.8. The van der Waals surface area contributed by atoms with E-state index >= 15 is 0 Å². The van der Waals surface area contributed by atoms with Crippen LogP contribution in [-0.4, -0.2) is 31.0 Å². The molecule has 17 heavy (non-hydrogen) atoms. The van der Waals surface area contributed by atoms with E-state index in [2.05, 4.69) is 15.6 Å². The lowest BCUT2D eigenvalue weighted by atomic mass is 9.91. The molecule has 92 valence electrons. The number of carbonyl (C=O) groups excluding carboxylic acids is 1. The van der Waals surface area contributed by atoms with Gasteiger partial charge >= 0.3 is 0 Å². The fourth-order valence-electron chi connectivity index (χ4n) is 2.14. The van der Waals surface area contributed by atoms with Gasteiger partial charge in [-0.05, 0) is 43.5 Å². The highest BCUT2D eigenvalue weighted by atomic mass is 35.5. The molecule has 0 aliphatic carbocycles. The minimum absolute atomic E-state index is 0.205. The number of carbonyl (C=O) groups is 1. The van der Waals surface area contributed by atoms with E-state index in [0.29, 0.717) is 16.8 Å². The second-order valence-electron chi connectivity index (χ2n) is 4.18. The van der Waals surface area contributed by atoms with Crippen LogP contribution in [0.1, 0.15) is 34.8 Å². The van der Waals surface area contributed by atoms with Crippen molar-refractivity contribution >= 4 is 17.5 Å². The molecule has 0 radical (unpaired) electrons. The van der Waals surface area contributed by atoms with Crippen molar-refractivity contribution in [2.24, 2.45) is 0 Å². The van der Waals surface area contributed by atoms with Crippen LogP contribution in [0.15, 0.2) is 12.1 Å². The van der Waals surface area contributed by atoms with Crippen molar-refractivity contribution in [3.63, 3.8) is 0 Å². The largest absolute Gasteiger partial charge is 0.354 e. The molecule has 1 aliphatic rings. The van der Waals surface area contributed by atoms with Crippen LogP contribution in [0.25, 0.3) is 0 Å². The van der Waals surface area contributed by atoms with Crippen LogP contribution in [0.2, 0.25) is 5.15 Å². The Morgan fingerprint density at radius 2 is 2.18 bits per heavy atom. The number of halogens is 1. The molecule has 2 heterocycles. The van der Waals surface area contributed by atoms with Gasteiger partial charge in [0.15, 0.2) is 0 Å². The zero-order valence-electron chi connectivity index (χ0n) is 9.79. The maximum Gasteiger partial charge on any atom is 0.269 e. The molecule has 1 amide bonds. The quantitative estimate of drug-likeness (QED) is 0.787. The third-order valence-electron chi connectivity index (χ3n) is 3.12. The minimum atomic E-state index is -0.205. The molecular formula is C12H16ClN3O. The van der Waals surface area contributed by atoms with E-state index in [1.54, 1.807) is 13.1 Å². The van der Waals surface area contributed by atoms with Gasteiger partial charge in [-0.15, -0.1) is 0 Å². The molecule has 0 saturated carbocycles. The predicted molar refractivity (Wildman–Crippen MR) is 67.5 cm³/mol. The van der Waals surface area contributed by atoms with Crippen molar-refractivity contribution in [1.29, 1.82) is 0 Å². The van der Waals surface area contributed by atoms with Crippen molar-refractivity contribution in [2.45, 2.75) is 18.8 Å². The van der Waals surface area contributed by atoms with E-state index in [1.807, 2.05) is 6.07 Å². The Kier molecular flexibility index (Phi) is 3.97. The van der Waals surface area contributed by atoms with Crippen molar-refractivity contribution in [3.05, 3.63) is 28.5 Å². The fraction of sp³-hybridized carbons (Fsp3) is 0.500. The lowest BCUT2D eigenvalue weighted by Crippen LogP contribution is -2.27. The van der Waals surface area contributed by atoms with Gasteiger partial charge in [0.2, 0.25) is 0 Å². The number of piperidine rings is 1. The Morgan fingerprint density at radius 1 is 1.47 bits per heavy atom. The summed E-state index contributed by atoms with van der Waals surface area (Å²) in [6.45, 7) is 2.02. The van der Waals surface area contributed by atoms with E-state index in [4.69, 9.17) is 11.6 Å². The molecule has 1 aromatic rings. The number of hydrogen-bond donors (Lipinski definition) is 2. The van der Waals surface area contributed by atoms with Crippen molar-refractivity contribution < 1.29 is 4.79 Å². The van der Waals surface area contributed by atoms with Crippen LogP contribution < -0.4 is 10.6 Å². The summed E-state index contributed by atoms with van der Waals surface area (Å²) in [5, 5.41) is 6.31. The Balaban J connectivity index is 2.21. The molecule has 1 aromatic heterocycles. The Labute approximate surface area is 106 Å². The minimum Gasteiger partial charge on any atom is -0.354 e. The highest BCUT2D eigenvalue weighted by Gasteiger charge is 2.19. The topological polar surface area (TPSA) is 54.0 Å². The first-order chi connectivity index (χ1) is 8.22. The third kappa shape index (κ3) is 2.76. The van der Waals surface area contributed by atoms with E-state index < -0.39 is 0 Å². The summed E-state index contributed by atoms with van der Waals surface area (Å²) in [6, 6.07) is 3.66. The van der Waals surface area contributed by atoms with Crippen molar-refractivity contribution in [1.82, 2.24) is 15.6 Å². The number of pyridine rings is 1. The summed E-state index contributed by atoms with van der Waals surface area (Å²) in [6.07, 6.45) is 2.14. The average Bonchev–Trinajstić information content (AvgIpc) is 2.38. The molecule has 0 aromatic carbocycles. The van der Waals surface area contributed by atoms with Gasteiger partial charge in [0, 0.05) is 7.05 Å². The molecule has 0 bridgehead atoms. The van der Waals surface area contributed by atoms with Gasteiger partial charge in [0.1, 0.15) is 10.8 Å². The second kappa shape index (κ2) is 5.47. The molecule has 1 fully saturated rings. The lowest BCUT2D eigenvalue weighted by molar-refractivity contribution is 0.0958. The number of nitrogens with zero attached hydrogens (tertiary/aromatic N) is 1. The van der Waals surface area contributed by atoms with Crippen LogP contribution in [0.4, 0.5) is 0 Å². The number of amides is 1. The predicted octanol–water partition coefficient (Wildman–Crippen LogP) is 1.56. The summed E-state index contributed by atoms with van der Waals surface area (Å²) in [4.78, 5) is 15.6. The van der Waals surface area contributed by atoms with Gasteiger partial charge in [-0.1, -0.05) is 17.7 Å². The van der Waals surface area contributed by atoms with E-state index in [1.165, 1.54) is 0 Å². The zero-order valence-corrected chi connectivity index (χ0v) is 10.5. The molecule has 1 aliphatic heterocycles. The summed E-state index contributed by atoms with van der Waals surface area (Å²) < 4.78 is 0. The highest BCUT2D eigenvalue weighted by molar-refractivity contribution is 6.30. The highest BCUT2D eigenvalue weighted by Crippen LogP contribution is 2.29. The summed E-state index contributed by atoms with van der Waals surface area (Å²) in [5.41, 5.74) is 1.43. The van der Waals surface area contributed by atoms with Gasteiger partial charge in [0.05, 0.1) is 0 Å². The van der Waals surface area contributed by atoms with E-state index in [-0.39, 0.29) is 5.91 Å². The number of nitrogens with one attached hydrogen (secondary N) is 2. The van der Waals surface area contributed by atoms with Crippen LogP contribution >= 0.6 is 11.6 Å². The summed E-state index contributed by atoms with van der Waals surface area (Å²) >= 11 is 6.15. The molecular weight excluding hydrogens is 238 g/mol. The zero-order chi connectivity index (χ0) is 12.3. The van der Waals surface area contributed by atoms with E-state index in [0.717, 1.165) is 31.5 Å². The first-order valence-corrected chi connectivity index (χ1v) is 6.19. The number of hydrogen-bond acceptors (Lipinski definition) is 3. The molecule has 4 nitrogen and oxygen atoms in total. The van der Waals surface area contributed by atoms with Crippen molar-refractivity contribution in [2.75, 3.05) is 20.1 Å². The molecule has 0 unspecified atom stereocenters. The lowest BCUT2D eigenvalue weighted by Gasteiger charge is -2.23. The van der Waals surface area contributed by atoms with Gasteiger partial charge in [0.25, 0.3) is 5.91 Å². The standard InChI is InChI=1S/C12H16ClN3O/c1-14-12(17)10-3-2-9(11(13)16-10)8-4-6-15-7-5-8/h2-3,8,15H,4-7H2,1H3,(H,14,17). The van der Waals surface area contributed by atoms with Crippen molar-refractivity contribution in [3.8, 4) is 0 Å². The monoisotopic (exact) mass is 253 g/mol. The van der Waals surface area contributed by atoms with E-state index in [9.17, 15) is 4.79 Å². The van der Waals surface area contributed by atoms with Gasteiger partial charge in [-0.25, -0.2) is 4.98 Å². The number of aromatic nitrogens is 1. The van der Waals surface area contributed by atoms with Gasteiger partial charge < -0.3 is 10.6 Å². The fourth-order valence-corrected chi connectivity index (χ4v) is 2.45. The molecule has 5 heteroatoms. The smallest absolute Gasteiger partial charge is 0.269 e. The molecule has 1 saturated heterocycles. The van der Waals surface area contributed by atoms with Crippen LogP contribution in [0.5, 0.6) is 0 Å². The maximum atomic E-state index is 11.4. The summed E-state index contributed by atoms with van der Waals surface area (Å²) in [5.74, 6) is 0.249. The first-order valence-electron chi connectivity index (χ1n) is 5.81. The third-order valence-corrected chi connectivity index (χ3v) is 3.42. The second-order valence-corrected chi connectivity index (χ2v) is 4.54. The molecule has 0 spiro atoms. The molecule has 0 atom stereocenters. The maximum absolute atomic E-state index is 11.4. The molecule has 2 rings (SSSR count). The summed E-state index contributed by atoms with van der Waals surface area (Å²) in [7, 11) is 1.58.